The smallest absolute Gasteiger partial charge is 0.322 e. The van der Waals surface area contributed by atoms with Crippen LogP contribution in [0.25, 0.3) is 0 Å². The molecule has 0 aromatic heterocycles. The molecule has 16 heteroatoms. The van der Waals surface area contributed by atoms with Crippen LogP contribution in [0, 0.1) is 0 Å². The van der Waals surface area contributed by atoms with Gasteiger partial charge in [0, 0.05) is 18.4 Å². The largest absolute Gasteiger partial charge is 0.481 e. The minimum absolute atomic E-state index is 0.0153. The Kier molecular flexibility index (Phi) is 15.2. The van der Waals surface area contributed by atoms with E-state index in [1.54, 1.807) is 48.5 Å². The second-order valence-corrected chi connectivity index (χ2v) is 10.9. The van der Waals surface area contributed by atoms with Crippen molar-refractivity contribution in [1.29, 1.82) is 0 Å². The summed E-state index contributed by atoms with van der Waals surface area (Å²) in [7, 11) is 0. The number of aliphatic carboxylic acids is 2. The lowest BCUT2D eigenvalue weighted by atomic mass is 10.0. The molecule has 2 aromatic rings. The Morgan fingerprint density at radius 3 is 1.58 bits per heavy atom. The third-order valence-electron chi connectivity index (χ3n) is 6.89. The van der Waals surface area contributed by atoms with Crippen molar-refractivity contribution < 1.29 is 48.6 Å². The maximum atomic E-state index is 13.1. The van der Waals surface area contributed by atoms with E-state index in [0.29, 0.717) is 5.56 Å². The van der Waals surface area contributed by atoms with E-state index >= 15 is 0 Å². The summed E-state index contributed by atoms with van der Waals surface area (Å²) in [4.78, 5) is 98.8. The Balaban J connectivity index is 2.05. The van der Waals surface area contributed by atoms with Crippen molar-refractivity contribution in [2.45, 2.75) is 70.2 Å². The molecular weight excluding hydrogens is 628 g/mol. The van der Waals surface area contributed by atoms with Gasteiger partial charge >= 0.3 is 11.9 Å². The highest BCUT2D eigenvalue weighted by atomic mass is 16.4. The van der Waals surface area contributed by atoms with E-state index in [1.165, 1.54) is 32.9 Å². The minimum atomic E-state index is -1.28. The maximum absolute atomic E-state index is 13.1. The molecule has 258 valence electrons. The zero-order chi connectivity index (χ0) is 35.8. The predicted octanol–water partition coefficient (Wildman–Crippen LogP) is -0.908. The summed E-state index contributed by atoms with van der Waals surface area (Å²) < 4.78 is 0. The van der Waals surface area contributed by atoms with Gasteiger partial charge in [-0.3, -0.25) is 38.4 Å². The molecule has 2 aromatic carbocycles. The molecular formula is C32H40N6O10. The van der Waals surface area contributed by atoms with Crippen LogP contribution in [-0.2, 0) is 40.0 Å². The fraction of sp³-hybridized carbons (Fsp3) is 0.375. The van der Waals surface area contributed by atoms with Crippen molar-refractivity contribution in [2.75, 3.05) is 6.54 Å². The van der Waals surface area contributed by atoms with Crippen LogP contribution in [0.4, 0.5) is 0 Å². The van der Waals surface area contributed by atoms with E-state index in [2.05, 4.69) is 31.9 Å². The van der Waals surface area contributed by atoms with E-state index in [0.717, 1.165) is 0 Å². The fourth-order valence-electron chi connectivity index (χ4n) is 4.20. The maximum Gasteiger partial charge on any atom is 0.322 e. The number of benzene rings is 2. The highest BCUT2D eigenvalue weighted by Crippen LogP contribution is 2.06. The molecule has 0 bridgehead atoms. The number of nitrogens with one attached hydrogen (secondary N) is 6. The Morgan fingerprint density at radius 2 is 1.04 bits per heavy atom. The van der Waals surface area contributed by atoms with Crippen molar-refractivity contribution in [2.24, 2.45) is 0 Å². The molecule has 5 atom stereocenters. The number of carbonyl (C=O) groups excluding carboxylic acids is 6. The van der Waals surface area contributed by atoms with E-state index in [4.69, 9.17) is 10.2 Å². The molecule has 0 radical (unpaired) electrons. The lowest BCUT2D eigenvalue weighted by Crippen LogP contribution is -2.58. The number of carbonyl (C=O) groups is 8. The van der Waals surface area contributed by atoms with Gasteiger partial charge < -0.3 is 42.1 Å². The highest BCUT2D eigenvalue weighted by molar-refractivity contribution is 5.99. The van der Waals surface area contributed by atoms with Gasteiger partial charge in [0.05, 0.1) is 0 Å². The van der Waals surface area contributed by atoms with Crippen LogP contribution in [0.1, 0.15) is 49.5 Å². The van der Waals surface area contributed by atoms with E-state index in [9.17, 15) is 38.4 Å². The predicted molar refractivity (Wildman–Crippen MR) is 170 cm³/mol. The summed E-state index contributed by atoms with van der Waals surface area (Å²) in [6, 6.07) is 10.6. The van der Waals surface area contributed by atoms with Gasteiger partial charge in [-0.2, -0.15) is 0 Å². The van der Waals surface area contributed by atoms with Crippen LogP contribution in [0.15, 0.2) is 60.7 Å². The third-order valence-corrected chi connectivity index (χ3v) is 6.89. The monoisotopic (exact) mass is 668 g/mol. The van der Waals surface area contributed by atoms with E-state index in [-0.39, 0.29) is 18.4 Å². The van der Waals surface area contributed by atoms with Crippen LogP contribution < -0.4 is 31.9 Å². The molecule has 16 nitrogen and oxygen atoms in total. The average molecular weight is 669 g/mol. The van der Waals surface area contributed by atoms with Crippen LogP contribution in [0.3, 0.4) is 0 Å². The summed E-state index contributed by atoms with van der Waals surface area (Å²) in [6.45, 7) is 3.36. The summed E-state index contributed by atoms with van der Waals surface area (Å²) in [6.07, 6.45) is -0.673. The van der Waals surface area contributed by atoms with Crippen LogP contribution in [0.5, 0.6) is 0 Å². The molecule has 0 spiro atoms. The standard InChI is InChI=1S/C32H40N6O10/c1-18(27(43)33-17-26(41)42)35-32(48)24(16-21-10-6-4-7-11-21)38-29(45)20(3)34-28(44)19(2)36-31(47)23(14-15-25(39)40)37-30(46)22-12-8-5-9-13-22/h4-13,18-20,23-24H,14-17H2,1-3H3,(H,33,43)(H,34,44)(H,35,48)(H,36,47)(H,37,46)(H,38,45)(H,39,40)(H,41,42)/t18-,19-,20-,23-,24-/m0/s1. The number of amides is 6. The quantitative estimate of drug-likeness (QED) is 0.0971. The van der Waals surface area contributed by atoms with Gasteiger partial charge in [-0.25, -0.2) is 0 Å². The first-order valence-electron chi connectivity index (χ1n) is 15.0. The van der Waals surface area contributed by atoms with Gasteiger partial charge in [0.2, 0.25) is 29.5 Å². The van der Waals surface area contributed by atoms with Crippen molar-refractivity contribution >= 4 is 47.4 Å². The van der Waals surface area contributed by atoms with E-state index in [1.807, 2.05) is 0 Å². The minimum Gasteiger partial charge on any atom is -0.481 e. The number of carboxylic acid groups (broad SMARTS) is 2. The van der Waals surface area contributed by atoms with Gasteiger partial charge in [-0.05, 0) is 44.9 Å². The molecule has 48 heavy (non-hydrogen) atoms. The van der Waals surface area contributed by atoms with Gasteiger partial charge in [0.15, 0.2) is 0 Å². The molecule has 6 amide bonds. The van der Waals surface area contributed by atoms with Crippen molar-refractivity contribution in [3.8, 4) is 0 Å². The lowest BCUT2D eigenvalue weighted by Gasteiger charge is -2.24. The molecule has 0 unspecified atom stereocenters. The number of rotatable bonds is 18. The molecule has 0 fully saturated rings. The molecule has 0 saturated carbocycles. The number of hydrogen-bond acceptors (Lipinski definition) is 8. The van der Waals surface area contributed by atoms with Gasteiger partial charge in [-0.1, -0.05) is 48.5 Å². The Morgan fingerprint density at radius 1 is 0.562 bits per heavy atom. The van der Waals surface area contributed by atoms with Gasteiger partial charge in [0.1, 0.15) is 36.8 Å². The number of carboxylic acids is 2. The molecule has 8 N–H and O–H groups in total. The zero-order valence-corrected chi connectivity index (χ0v) is 26.6. The average Bonchev–Trinajstić information content (AvgIpc) is 3.05. The molecule has 0 aliphatic carbocycles. The summed E-state index contributed by atoms with van der Waals surface area (Å²) in [5.74, 6) is -6.95. The third kappa shape index (κ3) is 13.3. The van der Waals surface area contributed by atoms with E-state index < -0.39 is 90.6 Å². The molecule has 0 aliphatic heterocycles. The Hall–Kier alpha value is -5.80. The first-order valence-corrected chi connectivity index (χ1v) is 15.0. The lowest BCUT2D eigenvalue weighted by molar-refractivity contribution is -0.139. The second-order valence-electron chi connectivity index (χ2n) is 10.9. The van der Waals surface area contributed by atoms with Gasteiger partial charge in [-0.15, -0.1) is 0 Å². The Bertz CT molecular complexity index is 1470. The van der Waals surface area contributed by atoms with Crippen molar-refractivity contribution in [3.63, 3.8) is 0 Å². The van der Waals surface area contributed by atoms with Crippen molar-refractivity contribution in [3.05, 3.63) is 71.8 Å². The van der Waals surface area contributed by atoms with Gasteiger partial charge in [0.25, 0.3) is 5.91 Å². The summed E-state index contributed by atoms with van der Waals surface area (Å²) in [5, 5.41) is 32.3. The van der Waals surface area contributed by atoms with Crippen molar-refractivity contribution in [1.82, 2.24) is 31.9 Å². The SMILES string of the molecule is C[C@H](NC(=O)[C@H](C)NC(=O)[C@H](CCC(=O)O)NC(=O)c1ccccc1)C(=O)N[C@@H](Cc1ccccc1)C(=O)N[C@@H](C)C(=O)NCC(=O)O. The Labute approximate surface area is 276 Å². The first-order chi connectivity index (χ1) is 22.7. The molecule has 0 heterocycles. The summed E-state index contributed by atoms with van der Waals surface area (Å²) in [5.41, 5.74) is 0.914. The van der Waals surface area contributed by atoms with Crippen LogP contribution in [-0.4, -0.2) is 94.3 Å². The topological polar surface area (TPSA) is 249 Å². The molecule has 0 aliphatic rings. The van der Waals surface area contributed by atoms with Crippen LogP contribution >= 0.6 is 0 Å². The normalized spacial score (nSPS) is 13.6. The fourth-order valence-corrected chi connectivity index (χ4v) is 4.20. The van der Waals surface area contributed by atoms with Crippen LogP contribution in [0.2, 0.25) is 0 Å². The highest BCUT2D eigenvalue weighted by Gasteiger charge is 2.29. The molecule has 2 rings (SSSR count). The second kappa shape index (κ2) is 19.0. The zero-order valence-electron chi connectivity index (χ0n) is 26.6. The first kappa shape index (κ1) is 38.4. The summed E-state index contributed by atoms with van der Waals surface area (Å²) >= 11 is 0. The molecule has 0 saturated heterocycles. The number of hydrogen-bond donors (Lipinski definition) is 8.